The van der Waals surface area contributed by atoms with Gasteiger partial charge in [0.25, 0.3) is 0 Å². The lowest BCUT2D eigenvalue weighted by Gasteiger charge is -2.42. The highest BCUT2D eigenvalue weighted by Crippen LogP contribution is 2.57. The zero-order valence-corrected chi connectivity index (χ0v) is 54.7. The highest BCUT2D eigenvalue weighted by Gasteiger charge is 2.42. The number of hydrogen-bond donors (Lipinski definition) is 0. The van der Waals surface area contributed by atoms with Gasteiger partial charge in [0.2, 0.25) is 0 Å². The summed E-state index contributed by atoms with van der Waals surface area (Å²) in [7, 11) is 0. The van der Waals surface area contributed by atoms with Crippen LogP contribution in [0.5, 0.6) is 0 Å². The summed E-state index contributed by atoms with van der Waals surface area (Å²) < 4.78 is 0. The van der Waals surface area contributed by atoms with Crippen LogP contribution in [0.1, 0.15) is 95.2 Å². The summed E-state index contributed by atoms with van der Waals surface area (Å²) in [4.78, 5) is 30.8. The molecule has 0 aliphatic heterocycles. The Kier molecular flexibility index (Phi) is 13.0. The number of rotatable bonds is 10. The fraction of sp³-hybridized carbons (Fsp3) is 0.0870. The van der Waals surface area contributed by atoms with Crippen molar-refractivity contribution in [3.05, 3.63) is 359 Å². The molecule has 0 amide bonds. The van der Waals surface area contributed by atoms with E-state index in [9.17, 15) is 0 Å². The highest BCUT2D eigenvalue weighted by atomic mass is 15.0. The molecule has 462 valence electrons. The van der Waals surface area contributed by atoms with E-state index in [0.717, 1.165) is 55.6 Å². The third-order valence-electron chi connectivity index (χ3n) is 21.4. The maximum Gasteiger partial charge on any atom is 0.164 e. The Morgan fingerprint density at radius 1 is 0.184 bits per heavy atom. The smallest absolute Gasteiger partial charge is 0.164 e. The lowest BCUT2D eigenvalue weighted by molar-refractivity contribution is 0.660. The largest absolute Gasteiger partial charge is 0.208 e. The molecule has 0 saturated heterocycles. The van der Waals surface area contributed by atoms with Gasteiger partial charge in [0.05, 0.1) is 0 Å². The predicted molar refractivity (Wildman–Crippen MR) is 397 cm³/mol. The number of aromatic nitrogens is 6. The van der Waals surface area contributed by atoms with E-state index in [1.54, 1.807) is 0 Å². The lowest BCUT2D eigenvalue weighted by Crippen LogP contribution is -2.27. The van der Waals surface area contributed by atoms with E-state index in [-0.39, 0.29) is 22.7 Å². The Bertz CT molecular complexity index is 5360. The summed E-state index contributed by atoms with van der Waals surface area (Å²) in [6, 6.07) is 110. The number of nitrogens with zero attached hydrogens (tertiary/aromatic N) is 6. The molecule has 13 aromatic carbocycles. The van der Waals surface area contributed by atoms with Crippen molar-refractivity contribution in [1.82, 2.24) is 29.9 Å². The molecule has 15 aromatic rings. The van der Waals surface area contributed by atoms with Gasteiger partial charge in [-0.2, -0.15) is 0 Å². The third kappa shape index (κ3) is 9.30. The summed E-state index contributed by atoms with van der Waals surface area (Å²) >= 11 is 0. The Hall–Kier alpha value is -12.1. The summed E-state index contributed by atoms with van der Waals surface area (Å²) in [6.07, 6.45) is 0. The molecule has 2 heterocycles. The SMILES string of the molecule is CC1(C)c2ccccc2-c2ccc(-c3ccc(-c4nc(-c5ccccc5)nc(-c5ccc(-c6ccc7c(c6)C6c8ccccc8C7c7cc(-c8ccc(-c9nc(-c%10ccccc%10)nc(-c%10ccc(-c%11ccc%12c(c%11)C(C)(C)c%11ccccc%11-%12)cc%10)n9)cc8)ccc76)cc5)n4)cc3)cc21. The molecule has 98 heavy (non-hydrogen) atoms. The topological polar surface area (TPSA) is 77.3 Å². The molecule has 0 radical (unpaired) electrons. The molecule has 2 atom stereocenters. The quantitative estimate of drug-likeness (QED) is 0.136. The van der Waals surface area contributed by atoms with Crippen molar-refractivity contribution < 1.29 is 0 Å². The summed E-state index contributed by atoms with van der Waals surface area (Å²) in [5, 5.41) is 0. The second kappa shape index (κ2) is 22.2. The zero-order chi connectivity index (χ0) is 65.4. The van der Waals surface area contributed by atoms with Crippen LogP contribution in [-0.4, -0.2) is 29.9 Å². The Morgan fingerprint density at radius 3 is 0.755 bits per heavy atom. The predicted octanol–water partition coefficient (Wildman–Crippen LogP) is 22.3. The zero-order valence-electron chi connectivity index (χ0n) is 54.7. The lowest BCUT2D eigenvalue weighted by atomic mass is 9.60. The van der Waals surface area contributed by atoms with Crippen molar-refractivity contribution in [2.75, 3.05) is 0 Å². The molecule has 2 bridgehead atoms. The van der Waals surface area contributed by atoms with E-state index in [1.165, 1.54) is 100 Å². The molecule has 0 spiro atoms. The van der Waals surface area contributed by atoms with E-state index < -0.39 is 0 Å². The van der Waals surface area contributed by atoms with Crippen molar-refractivity contribution in [3.8, 4) is 135 Å². The average Bonchev–Trinajstić information content (AvgIpc) is 1.01. The van der Waals surface area contributed by atoms with E-state index in [4.69, 9.17) is 29.9 Å². The fourth-order valence-corrected chi connectivity index (χ4v) is 16.3. The van der Waals surface area contributed by atoms with Crippen molar-refractivity contribution in [3.63, 3.8) is 0 Å². The minimum absolute atomic E-state index is 0.0726. The van der Waals surface area contributed by atoms with Crippen LogP contribution in [0, 0.1) is 0 Å². The van der Waals surface area contributed by atoms with Crippen LogP contribution in [0.4, 0.5) is 0 Å². The van der Waals surface area contributed by atoms with Crippen LogP contribution < -0.4 is 0 Å². The van der Waals surface area contributed by atoms with E-state index in [1.807, 2.05) is 36.4 Å². The van der Waals surface area contributed by atoms with Crippen LogP contribution in [0.2, 0.25) is 0 Å². The van der Waals surface area contributed by atoms with Gasteiger partial charge in [-0.15, -0.1) is 0 Å². The van der Waals surface area contributed by atoms with Crippen molar-refractivity contribution in [2.45, 2.75) is 50.4 Å². The van der Waals surface area contributed by atoms with Gasteiger partial charge in [-0.1, -0.05) is 307 Å². The normalized spacial score (nSPS) is 15.1. The minimum Gasteiger partial charge on any atom is -0.208 e. The molecule has 2 unspecified atom stereocenters. The second-order valence-electron chi connectivity index (χ2n) is 27.7. The van der Waals surface area contributed by atoms with Gasteiger partial charge in [-0.3, -0.25) is 0 Å². The minimum atomic E-state index is -0.0726. The van der Waals surface area contributed by atoms with Crippen molar-refractivity contribution in [2.24, 2.45) is 0 Å². The van der Waals surface area contributed by atoms with Crippen LogP contribution in [0.25, 0.3) is 135 Å². The molecular weight excluding hydrogens is 1190 g/mol. The monoisotopic (exact) mass is 1250 g/mol. The molecule has 0 saturated carbocycles. The summed E-state index contributed by atoms with van der Waals surface area (Å²) in [5.74, 6) is 4.00. The maximum atomic E-state index is 5.18. The van der Waals surface area contributed by atoms with E-state index >= 15 is 0 Å². The molecule has 0 fully saturated rings. The van der Waals surface area contributed by atoms with Gasteiger partial charge < -0.3 is 0 Å². The van der Waals surface area contributed by atoms with Crippen molar-refractivity contribution in [1.29, 1.82) is 0 Å². The standard InChI is InChI=1S/C92H64N6/c1-91(2)79-25-15-13-21-69(79)71-47-43-67(53-81(71)91)57-31-39-63(40-32-57)89-95-85(59-17-7-5-8-18-59)93-87(97-89)61-35-27-55(28-36-61)65-45-49-75-77(51-65)83-73-23-11-12-24-74(73)84(75)78-52-66(46-50-76(78)83)56-29-37-62(38-30-56)88-94-86(60-19-9-6-10-20-60)96-90(98-88)64-41-33-58(34-42-64)68-44-48-72-70-22-14-16-26-80(70)92(3,4)82(72)54-68/h5-54,83-84H,1-4H3. The summed E-state index contributed by atoms with van der Waals surface area (Å²) in [5.41, 5.74) is 33.8. The van der Waals surface area contributed by atoms with Crippen LogP contribution >= 0.6 is 0 Å². The number of benzene rings is 13. The van der Waals surface area contributed by atoms with Gasteiger partial charge >= 0.3 is 0 Å². The van der Waals surface area contributed by atoms with Gasteiger partial charge in [0.1, 0.15) is 0 Å². The first-order chi connectivity index (χ1) is 48.0. The summed E-state index contributed by atoms with van der Waals surface area (Å²) in [6.45, 7) is 9.33. The molecule has 0 N–H and O–H groups in total. The highest BCUT2D eigenvalue weighted by molar-refractivity contribution is 5.87. The van der Waals surface area contributed by atoms with Gasteiger partial charge in [-0.25, -0.2) is 29.9 Å². The number of fused-ring (bicyclic) bond motifs is 6. The molecule has 20 rings (SSSR count). The second-order valence-corrected chi connectivity index (χ2v) is 27.7. The van der Waals surface area contributed by atoms with Gasteiger partial charge in [-0.05, 0) is 147 Å². The Morgan fingerprint density at radius 2 is 0.418 bits per heavy atom. The van der Waals surface area contributed by atoms with Gasteiger partial charge in [0.15, 0.2) is 34.9 Å². The van der Waals surface area contributed by atoms with Gasteiger partial charge in [0, 0.05) is 56.0 Å². The molecule has 5 aliphatic carbocycles. The Balaban J connectivity index is 0.598. The molecule has 5 aliphatic rings. The van der Waals surface area contributed by atoms with Crippen LogP contribution in [-0.2, 0) is 10.8 Å². The number of hydrogen-bond acceptors (Lipinski definition) is 6. The molecule has 2 aromatic heterocycles. The molecule has 6 heteroatoms. The molecule has 6 nitrogen and oxygen atoms in total. The Labute approximate surface area is 570 Å². The van der Waals surface area contributed by atoms with E-state index in [0.29, 0.717) is 34.9 Å². The molecular formula is C92H64N6. The van der Waals surface area contributed by atoms with Crippen LogP contribution in [0.3, 0.4) is 0 Å². The first kappa shape index (κ1) is 57.3. The first-order valence-corrected chi connectivity index (χ1v) is 34.0. The van der Waals surface area contributed by atoms with Crippen LogP contribution in [0.15, 0.2) is 303 Å². The third-order valence-corrected chi connectivity index (χ3v) is 21.4. The average molecular weight is 1250 g/mol. The first-order valence-electron chi connectivity index (χ1n) is 34.0. The van der Waals surface area contributed by atoms with Crippen molar-refractivity contribution >= 4 is 0 Å². The van der Waals surface area contributed by atoms with E-state index in [2.05, 4.69) is 295 Å². The maximum absolute atomic E-state index is 5.18. The fourth-order valence-electron chi connectivity index (χ4n) is 16.3.